The maximum atomic E-state index is 8.68. The van der Waals surface area contributed by atoms with Gasteiger partial charge in [-0.2, -0.15) is 0 Å². The van der Waals surface area contributed by atoms with Gasteiger partial charge in [-0.15, -0.1) is 0 Å². The molecule has 2 aromatic rings. The first-order chi connectivity index (χ1) is 9.88. The molecule has 0 saturated carbocycles. The number of aryl methyl sites for hydroxylation is 1. The van der Waals surface area contributed by atoms with Crippen molar-refractivity contribution in [3.63, 3.8) is 0 Å². The summed E-state index contributed by atoms with van der Waals surface area (Å²) >= 11 is 0. The maximum Gasteiger partial charge on any atom is 0.119 e. The fourth-order valence-corrected chi connectivity index (χ4v) is 1.91. The monoisotopic (exact) mass is 275 g/mol. The summed E-state index contributed by atoms with van der Waals surface area (Å²) in [5, 5.41) is 12.1. The second kappa shape index (κ2) is 8.35. The fraction of sp³-hybridized carbons (Fsp3) is 0.400. The zero-order chi connectivity index (χ0) is 14.0. The molecule has 0 fully saturated rings. The second-order valence-corrected chi connectivity index (χ2v) is 4.55. The number of aromatic nitrogens is 2. The van der Waals surface area contributed by atoms with Crippen molar-refractivity contribution in [3.8, 4) is 5.75 Å². The molecule has 5 nitrogen and oxygen atoms in total. The summed E-state index contributed by atoms with van der Waals surface area (Å²) in [7, 11) is 0. The van der Waals surface area contributed by atoms with Gasteiger partial charge in [0.2, 0.25) is 0 Å². The first-order valence-electron chi connectivity index (χ1n) is 6.87. The van der Waals surface area contributed by atoms with Gasteiger partial charge in [-0.1, -0.05) is 12.1 Å². The van der Waals surface area contributed by atoms with Gasteiger partial charge in [0.15, 0.2) is 0 Å². The van der Waals surface area contributed by atoms with Crippen LogP contribution in [0.1, 0.15) is 12.0 Å². The highest BCUT2D eigenvalue weighted by Crippen LogP contribution is 2.11. The molecule has 0 spiro atoms. The maximum absolute atomic E-state index is 8.68. The molecule has 2 rings (SSSR count). The number of nitrogens with zero attached hydrogens (tertiary/aromatic N) is 2. The molecule has 1 aromatic heterocycles. The summed E-state index contributed by atoms with van der Waals surface area (Å²) in [6.07, 6.45) is 6.69. The molecule has 0 atom stereocenters. The Hall–Kier alpha value is -1.85. The predicted octanol–water partition coefficient (Wildman–Crippen LogP) is 1.43. The summed E-state index contributed by atoms with van der Waals surface area (Å²) < 4.78 is 7.39. The molecule has 1 heterocycles. The molecule has 20 heavy (non-hydrogen) atoms. The molecule has 0 aliphatic heterocycles. The Morgan fingerprint density at radius 1 is 1.25 bits per heavy atom. The topological polar surface area (TPSA) is 59.3 Å². The lowest BCUT2D eigenvalue weighted by Gasteiger charge is -2.07. The highest BCUT2D eigenvalue weighted by atomic mass is 16.5. The highest BCUT2D eigenvalue weighted by molar-refractivity contribution is 5.27. The molecule has 0 aliphatic rings. The highest BCUT2D eigenvalue weighted by Gasteiger charge is 1.96. The van der Waals surface area contributed by atoms with Crippen molar-refractivity contribution in [3.05, 3.63) is 48.5 Å². The van der Waals surface area contributed by atoms with Crippen LogP contribution in [-0.2, 0) is 13.1 Å². The Morgan fingerprint density at radius 2 is 2.10 bits per heavy atom. The Morgan fingerprint density at radius 3 is 2.80 bits per heavy atom. The summed E-state index contributed by atoms with van der Waals surface area (Å²) in [5.41, 5.74) is 1.23. The number of nitrogens with one attached hydrogen (secondary N) is 1. The van der Waals surface area contributed by atoms with E-state index in [1.807, 2.05) is 36.8 Å². The largest absolute Gasteiger partial charge is 0.491 e. The Kier molecular flexibility index (Phi) is 6.07. The zero-order valence-corrected chi connectivity index (χ0v) is 11.5. The summed E-state index contributed by atoms with van der Waals surface area (Å²) in [5.74, 6) is 0.794. The van der Waals surface area contributed by atoms with Gasteiger partial charge in [0.05, 0.1) is 12.9 Å². The van der Waals surface area contributed by atoms with E-state index in [1.165, 1.54) is 5.56 Å². The summed E-state index contributed by atoms with van der Waals surface area (Å²) in [6.45, 7) is 3.19. The van der Waals surface area contributed by atoms with E-state index in [0.717, 1.165) is 31.8 Å². The van der Waals surface area contributed by atoms with Crippen molar-refractivity contribution in [2.45, 2.75) is 19.5 Å². The lowest BCUT2D eigenvalue weighted by Crippen LogP contribution is -2.16. The first-order valence-corrected chi connectivity index (χ1v) is 6.87. The van der Waals surface area contributed by atoms with Crippen LogP contribution in [0.5, 0.6) is 5.75 Å². The van der Waals surface area contributed by atoms with E-state index in [-0.39, 0.29) is 6.61 Å². The summed E-state index contributed by atoms with van der Waals surface area (Å²) in [4.78, 5) is 4.01. The van der Waals surface area contributed by atoms with Gasteiger partial charge < -0.3 is 19.7 Å². The molecule has 0 bridgehead atoms. The summed E-state index contributed by atoms with van der Waals surface area (Å²) in [6, 6.07) is 7.93. The minimum absolute atomic E-state index is 0.0419. The SMILES string of the molecule is OCCOc1ccc(CNCCCn2ccnc2)cc1. The molecule has 1 aromatic carbocycles. The quantitative estimate of drug-likeness (QED) is 0.680. The van der Waals surface area contributed by atoms with Crippen LogP contribution in [0.25, 0.3) is 0 Å². The van der Waals surface area contributed by atoms with E-state index in [4.69, 9.17) is 9.84 Å². The van der Waals surface area contributed by atoms with Crippen LogP contribution >= 0.6 is 0 Å². The Labute approximate surface area is 119 Å². The van der Waals surface area contributed by atoms with E-state index in [9.17, 15) is 0 Å². The number of aliphatic hydroxyl groups is 1. The Bertz CT molecular complexity index is 468. The number of benzene rings is 1. The van der Waals surface area contributed by atoms with Crippen molar-refractivity contribution in [1.82, 2.24) is 14.9 Å². The minimum Gasteiger partial charge on any atom is -0.491 e. The van der Waals surface area contributed by atoms with Crippen LogP contribution < -0.4 is 10.1 Å². The lowest BCUT2D eigenvalue weighted by molar-refractivity contribution is 0.201. The minimum atomic E-state index is 0.0419. The molecule has 0 aliphatic carbocycles. The van der Waals surface area contributed by atoms with E-state index >= 15 is 0 Å². The van der Waals surface area contributed by atoms with Gasteiger partial charge in [0, 0.05) is 25.5 Å². The number of hydrogen-bond donors (Lipinski definition) is 2. The van der Waals surface area contributed by atoms with Crippen molar-refractivity contribution in [1.29, 1.82) is 0 Å². The van der Waals surface area contributed by atoms with Gasteiger partial charge in [-0.05, 0) is 30.7 Å². The molecule has 5 heteroatoms. The number of imidazole rings is 1. The van der Waals surface area contributed by atoms with Crippen LogP contribution in [-0.4, -0.2) is 34.4 Å². The molecular weight excluding hydrogens is 254 g/mol. The molecule has 0 unspecified atom stereocenters. The number of hydrogen-bond acceptors (Lipinski definition) is 4. The fourth-order valence-electron chi connectivity index (χ4n) is 1.91. The average molecular weight is 275 g/mol. The lowest BCUT2D eigenvalue weighted by atomic mass is 10.2. The third-order valence-electron chi connectivity index (χ3n) is 2.94. The van der Waals surface area contributed by atoms with Gasteiger partial charge >= 0.3 is 0 Å². The van der Waals surface area contributed by atoms with Crippen LogP contribution in [0.2, 0.25) is 0 Å². The van der Waals surface area contributed by atoms with E-state index in [1.54, 1.807) is 6.20 Å². The third kappa shape index (κ3) is 5.03. The van der Waals surface area contributed by atoms with Crippen molar-refractivity contribution >= 4 is 0 Å². The molecule has 108 valence electrons. The van der Waals surface area contributed by atoms with E-state index < -0.39 is 0 Å². The van der Waals surface area contributed by atoms with Crippen molar-refractivity contribution in [2.75, 3.05) is 19.8 Å². The molecule has 2 N–H and O–H groups in total. The second-order valence-electron chi connectivity index (χ2n) is 4.55. The number of rotatable bonds is 9. The van der Waals surface area contributed by atoms with Crippen LogP contribution in [0, 0.1) is 0 Å². The Balaban J connectivity index is 1.61. The smallest absolute Gasteiger partial charge is 0.119 e. The van der Waals surface area contributed by atoms with E-state index in [2.05, 4.69) is 14.9 Å². The molecular formula is C15H21N3O2. The van der Waals surface area contributed by atoms with Gasteiger partial charge in [-0.3, -0.25) is 0 Å². The van der Waals surface area contributed by atoms with Crippen molar-refractivity contribution < 1.29 is 9.84 Å². The standard InChI is InChI=1S/C15H21N3O2/c19-10-11-20-15-4-2-14(3-5-15)12-16-6-1-8-18-9-7-17-13-18/h2-5,7,9,13,16,19H,1,6,8,10-12H2. The third-order valence-corrected chi connectivity index (χ3v) is 2.94. The van der Waals surface area contributed by atoms with Gasteiger partial charge in [-0.25, -0.2) is 4.98 Å². The normalized spacial score (nSPS) is 10.7. The predicted molar refractivity (Wildman–Crippen MR) is 77.6 cm³/mol. The first kappa shape index (κ1) is 14.6. The van der Waals surface area contributed by atoms with Crippen molar-refractivity contribution in [2.24, 2.45) is 0 Å². The van der Waals surface area contributed by atoms with E-state index in [0.29, 0.717) is 6.61 Å². The van der Waals surface area contributed by atoms with Crippen LogP contribution in [0.4, 0.5) is 0 Å². The van der Waals surface area contributed by atoms with Crippen LogP contribution in [0.15, 0.2) is 43.0 Å². The zero-order valence-electron chi connectivity index (χ0n) is 11.5. The van der Waals surface area contributed by atoms with Crippen LogP contribution in [0.3, 0.4) is 0 Å². The van der Waals surface area contributed by atoms with Gasteiger partial charge in [0.25, 0.3) is 0 Å². The number of aliphatic hydroxyl groups excluding tert-OH is 1. The molecule has 0 saturated heterocycles. The van der Waals surface area contributed by atoms with Gasteiger partial charge in [0.1, 0.15) is 12.4 Å². The molecule has 0 amide bonds. The molecule has 0 radical (unpaired) electrons. The average Bonchev–Trinajstić information content (AvgIpc) is 2.99. The number of ether oxygens (including phenoxy) is 1.